The summed E-state index contributed by atoms with van der Waals surface area (Å²) in [5.74, 6) is 1.00. The van der Waals surface area contributed by atoms with Crippen molar-refractivity contribution in [3.05, 3.63) is 47.7 Å². The number of carbonyl (C=O) groups excluding carboxylic acids is 1. The first-order valence-corrected chi connectivity index (χ1v) is 11.1. The van der Waals surface area contributed by atoms with Crippen LogP contribution in [0.1, 0.15) is 23.9 Å². The van der Waals surface area contributed by atoms with Crippen molar-refractivity contribution in [2.24, 2.45) is 0 Å². The molecule has 5 rings (SSSR count). The van der Waals surface area contributed by atoms with Gasteiger partial charge in [0, 0.05) is 51.4 Å². The Labute approximate surface area is 174 Å². The summed E-state index contributed by atoms with van der Waals surface area (Å²) in [5.41, 5.74) is 1.07. The number of piperazine rings is 1. The van der Waals surface area contributed by atoms with E-state index in [-0.39, 0.29) is 5.91 Å². The number of nitrogens with one attached hydrogen (secondary N) is 1. The Balaban J connectivity index is 1.21. The average Bonchev–Trinajstić information content (AvgIpc) is 3.41. The molecule has 3 aromatic rings. The van der Waals surface area contributed by atoms with Crippen LogP contribution >= 0.6 is 11.3 Å². The molecule has 2 atom stereocenters. The van der Waals surface area contributed by atoms with E-state index in [4.69, 9.17) is 4.98 Å². The van der Waals surface area contributed by atoms with Crippen LogP contribution in [0.25, 0.3) is 10.2 Å². The van der Waals surface area contributed by atoms with Gasteiger partial charge in [0.25, 0.3) is 5.91 Å². The first kappa shape index (κ1) is 18.4. The van der Waals surface area contributed by atoms with Crippen molar-refractivity contribution in [2.45, 2.75) is 18.9 Å². The summed E-state index contributed by atoms with van der Waals surface area (Å²) in [5, 5.41) is 1.18. The summed E-state index contributed by atoms with van der Waals surface area (Å²) in [6, 6.07) is 10.5. The molecule has 0 bridgehead atoms. The quantitative estimate of drug-likeness (QED) is 0.700. The summed E-state index contributed by atoms with van der Waals surface area (Å²) >= 11 is 1.78. The van der Waals surface area contributed by atoms with E-state index in [1.165, 1.54) is 14.6 Å². The number of amides is 1. The smallest absolute Gasteiger partial charge is 0.277 e. The van der Waals surface area contributed by atoms with Crippen LogP contribution in [0.3, 0.4) is 0 Å². The van der Waals surface area contributed by atoms with E-state index < -0.39 is 0 Å². The van der Waals surface area contributed by atoms with E-state index in [2.05, 4.69) is 33.1 Å². The summed E-state index contributed by atoms with van der Waals surface area (Å²) in [6.45, 7) is 4.64. The topological polar surface area (TPSA) is 66.7 Å². The van der Waals surface area contributed by atoms with Gasteiger partial charge in [-0.2, -0.15) is 0 Å². The molecule has 1 N–H and O–H groups in total. The lowest BCUT2D eigenvalue weighted by atomic mass is 10.2. The van der Waals surface area contributed by atoms with Gasteiger partial charge in [0.15, 0.2) is 11.6 Å². The van der Waals surface area contributed by atoms with Gasteiger partial charge in [0.05, 0.1) is 16.8 Å². The molecule has 150 valence electrons. The normalized spacial score (nSPS) is 22.3. The number of carbonyl (C=O) groups is 1. The first-order valence-electron chi connectivity index (χ1n) is 10.3. The SMILES string of the molecule is O=C(C[NH+]1CCC[C@H]1c1nc2ccccc2s1)N1CCN(c2ncccn2)CC1. The predicted molar refractivity (Wildman–Crippen MR) is 113 cm³/mol. The number of aromatic nitrogens is 3. The molecule has 2 aliphatic heterocycles. The highest BCUT2D eigenvalue weighted by Gasteiger charge is 2.35. The van der Waals surface area contributed by atoms with Crippen molar-refractivity contribution < 1.29 is 9.69 Å². The number of quaternary nitrogens is 1. The summed E-state index contributed by atoms with van der Waals surface area (Å²) in [6.07, 6.45) is 5.79. The van der Waals surface area contributed by atoms with Gasteiger partial charge in [-0.1, -0.05) is 12.1 Å². The number of para-hydroxylation sites is 1. The average molecular weight is 410 g/mol. The third kappa shape index (κ3) is 3.82. The van der Waals surface area contributed by atoms with Gasteiger partial charge >= 0.3 is 0 Å². The van der Waals surface area contributed by atoms with Gasteiger partial charge in [0.1, 0.15) is 6.04 Å². The molecular weight excluding hydrogens is 384 g/mol. The van der Waals surface area contributed by atoms with Crippen LogP contribution in [0, 0.1) is 0 Å². The Morgan fingerprint density at radius 1 is 1.10 bits per heavy atom. The van der Waals surface area contributed by atoms with Crippen molar-refractivity contribution in [2.75, 3.05) is 44.2 Å². The van der Waals surface area contributed by atoms with E-state index in [0.29, 0.717) is 12.6 Å². The number of anilines is 1. The maximum Gasteiger partial charge on any atom is 0.277 e. The third-order valence-corrected chi connectivity index (χ3v) is 7.09. The molecule has 1 aromatic carbocycles. The summed E-state index contributed by atoms with van der Waals surface area (Å²) < 4.78 is 1.24. The lowest BCUT2D eigenvalue weighted by Crippen LogP contribution is -3.11. The van der Waals surface area contributed by atoms with Gasteiger partial charge < -0.3 is 14.7 Å². The van der Waals surface area contributed by atoms with Gasteiger partial charge in [0.2, 0.25) is 5.95 Å². The highest BCUT2D eigenvalue weighted by Crippen LogP contribution is 2.28. The number of rotatable bonds is 4. The predicted octanol–water partition coefficient (Wildman–Crippen LogP) is 1.15. The van der Waals surface area contributed by atoms with Crippen LogP contribution < -0.4 is 9.80 Å². The van der Waals surface area contributed by atoms with Gasteiger partial charge in [-0.15, -0.1) is 11.3 Å². The van der Waals surface area contributed by atoms with E-state index in [0.717, 1.165) is 57.0 Å². The maximum atomic E-state index is 13.0. The first-order chi connectivity index (χ1) is 14.3. The molecule has 0 saturated carbocycles. The second-order valence-electron chi connectivity index (χ2n) is 7.72. The fraction of sp³-hybridized carbons (Fsp3) is 0.429. The molecule has 0 spiro atoms. The van der Waals surface area contributed by atoms with Crippen LogP contribution in [0.5, 0.6) is 0 Å². The number of hydrogen-bond donors (Lipinski definition) is 1. The zero-order valence-electron chi connectivity index (χ0n) is 16.3. The monoisotopic (exact) mass is 409 g/mol. The maximum absolute atomic E-state index is 13.0. The van der Waals surface area contributed by atoms with Crippen LogP contribution in [-0.2, 0) is 4.79 Å². The molecule has 2 fully saturated rings. The van der Waals surface area contributed by atoms with Crippen LogP contribution in [0.2, 0.25) is 0 Å². The number of fused-ring (bicyclic) bond motifs is 1. The fourth-order valence-electron chi connectivity index (χ4n) is 4.38. The van der Waals surface area contributed by atoms with E-state index in [9.17, 15) is 4.79 Å². The van der Waals surface area contributed by atoms with Crippen molar-refractivity contribution in [1.82, 2.24) is 19.9 Å². The second-order valence-corrected chi connectivity index (χ2v) is 8.78. The van der Waals surface area contributed by atoms with Gasteiger partial charge in [-0.3, -0.25) is 4.79 Å². The van der Waals surface area contributed by atoms with Crippen LogP contribution in [-0.4, -0.2) is 65.0 Å². The number of thiazole rings is 1. The van der Waals surface area contributed by atoms with E-state index in [1.54, 1.807) is 23.7 Å². The molecule has 7 nitrogen and oxygen atoms in total. The Morgan fingerprint density at radius 2 is 1.90 bits per heavy atom. The van der Waals surface area contributed by atoms with E-state index in [1.807, 2.05) is 17.0 Å². The lowest BCUT2D eigenvalue weighted by molar-refractivity contribution is -0.910. The number of benzene rings is 1. The van der Waals surface area contributed by atoms with Crippen molar-refractivity contribution in [3.63, 3.8) is 0 Å². The van der Waals surface area contributed by atoms with Crippen LogP contribution in [0.4, 0.5) is 5.95 Å². The Morgan fingerprint density at radius 3 is 2.69 bits per heavy atom. The highest BCUT2D eigenvalue weighted by atomic mass is 32.1. The largest absolute Gasteiger partial charge is 0.337 e. The Kier molecular flexibility index (Phi) is 5.12. The third-order valence-electron chi connectivity index (χ3n) is 5.94. The molecule has 1 unspecified atom stereocenters. The fourth-order valence-corrected chi connectivity index (χ4v) is 5.54. The molecule has 0 aliphatic carbocycles. The molecule has 4 heterocycles. The van der Waals surface area contributed by atoms with E-state index >= 15 is 0 Å². The molecule has 2 aromatic heterocycles. The summed E-state index contributed by atoms with van der Waals surface area (Å²) in [7, 11) is 0. The molecule has 1 amide bonds. The van der Waals surface area contributed by atoms with Crippen molar-refractivity contribution in [3.8, 4) is 0 Å². The second kappa shape index (κ2) is 8.04. The van der Waals surface area contributed by atoms with Gasteiger partial charge in [-0.05, 0) is 18.2 Å². The van der Waals surface area contributed by atoms with Crippen molar-refractivity contribution >= 4 is 33.4 Å². The Hall–Kier alpha value is -2.58. The lowest BCUT2D eigenvalue weighted by Gasteiger charge is -2.35. The minimum atomic E-state index is 0.252. The number of nitrogens with zero attached hydrogens (tertiary/aromatic N) is 5. The van der Waals surface area contributed by atoms with Crippen LogP contribution in [0.15, 0.2) is 42.7 Å². The minimum absolute atomic E-state index is 0.252. The number of hydrogen-bond acceptors (Lipinski definition) is 6. The summed E-state index contributed by atoms with van der Waals surface area (Å²) in [4.78, 5) is 32.0. The minimum Gasteiger partial charge on any atom is -0.337 e. The van der Waals surface area contributed by atoms with Crippen molar-refractivity contribution in [1.29, 1.82) is 0 Å². The standard InChI is InChI=1S/C21H24N6OS/c28-19(25-11-13-26(14-12-25)21-22-8-4-9-23-21)15-27-10-3-6-17(27)20-24-16-5-1-2-7-18(16)29-20/h1-2,4-5,7-9,17H,3,6,10-15H2/p+1/t17-/m0/s1. The highest BCUT2D eigenvalue weighted by molar-refractivity contribution is 7.18. The molecule has 8 heteroatoms. The zero-order valence-corrected chi connectivity index (χ0v) is 17.1. The number of likely N-dealkylation sites (tertiary alicyclic amines) is 1. The molecule has 29 heavy (non-hydrogen) atoms. The zero-order chi connectivity index (χ0) is 19.6. The molecule has 2 aliphatic rings. The molecule has 2 saturated heterocycles. The Bertz CT molecular complexity index is 952. The van der Waals surface area contributed by atoms with Gasteiger partial charge in [-0.25, -0.2) is 15.0 Å². The molecule has 0 radical (unpaired) electrons. The molecular formula is C21H25N6OS+.